The fourth-order valence-electron chi connectivity index (χ4n) is 2.97. The van der Waals surface area contributed by atoms with Crippen LogP contribution in [0.25, 0.3) is 10.6 Å². The van der Waals surface area contributed by atoms with E-state index < -0.39 is 0 Å². The molecule has 0 radical (unpaired) electrons. The topological polar surface area (TPSA) is 59.2 Å². The molecule has 1 fully saturated rings. The Hall–Kier alpha value is -1.14. The summed E-state index contributed by atoms with van der Waals surface area (Å²) in [5.41, 5.74) is 9.08. The first-order chi connectivity index (χ1) is 11.0. The van der Waals surface area contributed by atoms with Crippen LogP contribution in [0.15, 0.2) is 29.6 Å². The van der Waals surface area contributed by atoms with Crippen LogP contribution >= 0.6 is 36.2 Å². The summed E-state index contributed by atoms with van der Waals surface area (Å²) < 4.78 is 0. The molecule has 0 bridgehead atoms. The first-order valence-electron chi connectivity index (χ1n) is 7.98. The van der Waals surface area contributed by atoms with Crippen molar-refractivity contribution in [1.82, 2.24) is 9.88 Å². The van der Waals surface area contributed by atoms with Gasteiger partial charge in [-0.2, -0.15) is 0 Å². The van der Waals surface area contributed by atoms with E-state index in [9.17, 15) is 4.79 Å². The molecule has 4 nitrogen and oxygen atoms in total. The van der Waals surface area contributed by atoms with Crippen LogP contribution in [0.2, 0.25) is 0 Å². The number of nitrogens with zero attached hydrogens (tertiary/aromatic N) is 2. The zero-order chi connectivity index (χ0) is 16.4. The maximum atomic E-state index is 12.5. The number of carbonyl (C=O) groups is 1. The number of amides is 1. The molecule has 2 N–H and O–H groups in total. The molecule has 25 heavy (non-hydrogen) atoms. The molecule has 2 aromatic rings. The summed E-state index contributed by atoms with van der Waals surface area (Å²) in [5, 5.41) is 2.97. The molecule has 1 unspecified atom stereocenters. The molecule has 2 heterocycles. The second-order valence-corrected chi connectivity index (χ2v) is 7.63. The van der Waals surface area contributed by atoms with E-state index in [1.54, 1.807) is 11.3 Å². The van der Waals surface area contributed by atoms with Crippen molar-refractivity contribution in [3.8, 4) is 10.6 Å². The lowest BCUT2D eigenvalue weighted by molar-refractivity contribution is -0.129. The van der Waals surface area contributed by atoms with E-state index in [1.165, 1.54) is 5.56 Å². The number of carbonyl (C=O) groups excluding carboxylic acids is 1. The molecule has 0 saturated carbocycles. The summed E-state index contributed by atoms with van der Waals surface area (Å²) in [7, 11) is 0. The van der Waals surface area contributed by atoms with Crippen molar-refractivity contribution in [1.29, 1.82) is 0 Å². The van der Waals surface area contributed by atoms with E-state index in [0.717, 1.165) is 35.8 Å². The molecule has 1 aromatic heterocycles. The van der Waals surface area contributed by atoms with Gasteiger partial charge in [0, 0.05) is 24.0 Å². The Bertz CT molecular complexity index is 722. The van der Waals surface area contributed by atoms with Gasteiger partial charge in [0.25, 0.3) is 0 Å². The van der Waals surface area contributed by atoms with Gasteiger partial charge in [-0.1, -0.05) is 30.7 Å². The van der Waals surface area contributed by atoms with E-state index >= 15 is 0 Å². The number of hydrogen-bond acceptors (Lipinski definition) is 4. The molecule has 0 spiro atoms. The van der Waals surface area contributed by atoms with Crippen LogP contribution in [0.4, 0.5) is 0 Å². The van der Waals surface area contributed by atoms with E-state index in [2.05, 4.69) is 37.0 Å². The Kier molecular flexibility index (Phi) is 7.88. The maximum Gasteiger partial charge on any atom is 0.228 e. The predicted molar refractivity (Wildman–Crippen MR) is 109 cm³/mol. The van der Waals surface area contributed by atoms with Gasteiger partial charge in [0.1, 0.15) is 5.01 Å². The van der Waals surface area contributed by atoms with E-state index in [1.807, 2.05) is 16.3 Å². The smallest absolute Gasteiger partial charge is 0.228 e. The van der Waals surface area contributed by atoms with Crippen molar-refractivity contribution in [2.45, 2.75) is 26.7 Å². The molecule has 7 heteroatoms. The van der Waals surface area contributed by atoms with Crippen molar-refractivity contribution in [2.75, 3.05) is 19.6 Å². The third-order valence-corrected chi connectivity index (χ3v) is 5.49. The van der Waals surface area contributed by atoms with E-state index in [-0.39, 0.29) is 36.1 Å². The summed E-state index contributed by atoms with van der Waals surface area (Å²) >= 11 is 1.60. The fourth-order valence-corrected chi connectivity index (χ4v) is 3.79. The highest BCUT2D eigenvalue weighted by molar-refractivity contribution is 7.13. The lowest BCUT2D eigenvalue weighted by Gasteiger charge is -2.22. The maximum absolute atomic E-state index is 12.5. The number of thiazole rings is 1. The van der Waals surface area contributed by atoms with Gasteiger partial charge in [-0.25, -0.2) is 4.98 Å². The monoisotopic (exact) mass is 401 g/mol. The fraction of sp³-hybridized carbons (Fsp3) is 0.444. The molecule has 3 rings (SSSR count). The van der Waals surface area contributed by atoms with Gasteiger partial charge < -0.3 is 10.6 Å². The van der Waals surface area contributed by atoms with Gasteiger partial charge in [-0.05, 0) is 31.4 Å². The number of nitrogens with two attached hydrogens (primary N) is 1. The first kappa shape index (κ1) is 21.9. The molecular formula is C18H25Cl2N3OS. The number of hydrogen-bond donors (Lipinski definition) is 1. The molecule has 1 saturated heterocycles. The van der Waals surface area contributed by atoms with E-state index in [0.29, 0.717) is 13.0 Å². The van der Waals surface area contributed by atoms with Crippen LogP contribution in [0, 0.1) is 12.3 Å². The molecular weight excluding hydrogens is 377 g/mol. The normalized spacial score (nSPS) is 19.2. The lowest BCUT2D eigenvalue weighted by Crippen LogP contribution is -2.35. The average Bonchev–Trinajstić information content (AvgIpc) is 3.15. The van der Waals surface area contributed by atoms with Gasteiger partial charge >= 0.3 is 0 Å². The summed E-state index contributed by atoms with van der Waals surface area (Å²) in [4.78, 5) is 19.0. The first-order valence-corrected chi connectivity index (χ1v) is 8.86. The Labute approximate surface area is 165 Å². The van der Waals surface area contributed by atoms with Crippen molar-refractivity contribution in [3.05, 3.63) is 40.9 Å². The zero-order valence-corrected chi connectivity index (χ0v) is 17.0. The Balaban J connectivity index is 0.00000156. The molecule has 1 aromatic carbocycles. The number of halogens is 2. The van der Waals surface area contributed by atoms with Gasteiger partial charge in [-0.3, -0.25) is 4.79 Å². The Morgan fingerprint density at radius 2 is 2.16 bits per heavy atom. The summed E-state index contributed by atoms with van der Waals surface area (Å²) in [5.74, 6) is 0.156. The highest BCUT2D eigenvalue weighted by Gasteiger charge is 2.34. The largest absolute Gasteiger partial charge is 0.342 e. The number of rotatable bonds is 4. The third kappa shape index (κ3) is 5.17. The molecule has 1 amide bonds. The van der Waals surface area contributed by atoms with Crippen molar-refractivity contribution >= 4 is 42.1 Å². The number of likely N-dealkylation sites (tertiary alicyclic amines) is 1. The van der Waals surface area contributed by atoms with Crippen molar-refractivity contribution in [3.63, 3.8) is 0 Å². The molecule has 138 valence electrons. The van der Waals surface area contributed by atoms with Gasteiger partial charge in [0.2, 0.25) is 5.91 Å². The van der Waals surface area contributed by atoms with E-state index in [4.69, 9.17) is 5.73 Å². The van der Waals surface area contributed by atoms with Crippen LogP contribution in [-0.4, -0.2) is 35.4 Å². The minimum atomic E-state index is 0. The molecule has 1 aliphatic heterocycles. The zero-order valence-electron chi connectivity index (χ0n) is 14.5. The SMILES string of the molecule is Cc1cccc(-c2nc(CC(=O)N3CCC(C)(CN)C3)cs2)c1.Cl.Cl. The van der Waals surface area contributed by atoms with Gasteiger partial charge in [0.15, 0.2) is 0 Å². The standard InChI is InChI=1S/C18H23N3OS.2ClH/c1-13-4-3-5-14(8-13)17-20-15(10-23-17)9-16(22)21-7-6-18(2,11-19)12-21;;/h3-5,8,10H,6-7,9,11-12,19H2,1-2H3;2*1H. The highest BCUT2D eigenvalue weighted by Crippen LogP contribution is 2.29. The number of aromatic nitrogens is 1. The third-order valence-electron chi connectivity index (χ3n) is 4.55. The summed E-state index contributed by atoms with van der Waals surface area (Å²) in [6.07, 6.45) is 1.36. The average molecular weight is 402 g/mol. The van der Waals surface area contributed by atoms with Crippen LogP contribution in [-0.2, 0) is 11.2 Å². The molecule has 1 aliphatic rings. The lowest BCUT2D eigenvalue weighted by atomic mass is 9.90. The second-order valence-electron chi connectivity index (χ2n) is 6.77. The van der Waals surface area contributed by atoms with Gasteiger partial charge in [0.05, 0.1) is 12.1 Å². The van der Waals surface area contributed by atoms with Crippen LogP contribution in [0.1, 0.15) is 24.6 Å². The number of benzene rings is 1. The summed E-state index contributed by atoms with van der Waals surface area (Å²) in [6, 6.07) is 8.29. The van der Waals surface area contributed by atoms with Crippen molar-refractivity contribution in [2.24, 2.45) is 11.1 Å². The molecule has 1 atom stereocenters. The highest BCUT2D eigenvalue weighted by atomic mass is 35.5. The van der Waals surface area contributed by atoms with Crippen LogP contribution in [0.5, 0.6) is 0 Å². The van der Waals surface area contributed by atoms with Crippen LogP contribution < -0.4 is 5.73 Å². The molecule has 0 aliphatic carbocycles. The minimum Gasteiger partial charge on any atom is -0.342 e. The van der Waals surface area contributed by atoms with Crippen molar-refractivity contribution < 1.29 is 4.79 Å². The quantitative estimate of drug-likeness (QED) is 0.849. The number of aryl methyl sites for hydroxylation is 1. The Morgan fingerprint density at radius 3 is 2.80 bits per heavy atom. The summed E-state index contributed by atoms with van der Waals surface area (Å²) in [6.45, 7) is 6.42. The minimum absolute atomic E-state index is 0. The second kappa shape index (κ2) is 8.99. The van der Waals surface area contributed by atoms with Crippen LogP contribution in [0.3, 0.4) is 0 Å². The van der Waals surface area contributed by atoms with Gasteiger partial charge in [-0.15, -0.1) is 36.2 Å². The Morgan fingerprint density at radius 1 is 1.40 bits per heavy atom. The predicted octanol–water partition coefficient (Wildman–Crippen LogP) is 3.70.